The number of hydrogen-bond acceptors (Lipinski definition) is 4. The Kier molecular flexibility index (Phi) is 6.57. The van der Waals surface area contributed by atoms with Crippen LogP contribution in [0.1, 0.15) is 47.2 Å². The van der Waals surface area contributed by atoms with Crippen LogP contribution in [0.25, 0.3) is 0 Å². The lowest BCUT2D eigenvalue weighted by Gasteiger charge is -2.25. The summed E-state index contributed by atoms with van der Waals surface area (Å²) in [7, 11) is 1.96. The van der Waals surface area contributed by atoms with E-state index in [1.165, 1.54) is 40.8 Å². The minimum absolute atomic E-state index is 0.00756. The van der Waals surface area contributed by atoms with Gasteiger partial charge < -0.3 is 9.47 Å². The van der Waals surface area contributed by atoms with E-state index in [1.54, 1.807) is 18.5 Å². The zero-order valence-corrected chi connectivity index (χ0v) is 21.5. The number of nitrogens with zero attached hydrogens (tertiary/aromatic N) is 3. The van der Waals surface area contributed by atoms with Crippen LogP contribution >= 0.6 is 11.9 Å². The second kappa shape index (κ2) is 10.1. The molecule has 188 valence electrons. The molecule has 0 saturated heterocycles. The highest BCUT2D eigenvalue weighted by atomic mass is 32.2. The SMILES string of the molecule is Cn1cncc1CN(C(=O)C1CC1c1ccccc1)c1ccc2c(c1)C(NSc1ccc(F)cc1)CC2. The maximum absolute atomic E-state index is 13.9. The molecule has 37 heavy (non-hydrogen) atoms. The summed E-state index contributed by atoms with van der Waals surface area (Å²) in [5.74, 6) is 0.201. The van der Waals surface area contributed by atoms with Gasteiger partial charge in [0.1, 0.15) is 5.82 Å². The van der Waals surface area contributed by atoms with Gasteiger partial charge in [-0.3, -0.25) is 9.52 Å². The van der Waals surface area contributed by atoms with Crippen molar-refractivity contribution in [3.8, 4) is 0 Å². The van der Waals surface area contributed by atoms with Gasteiger partial charge in [-0.05, 0) is 90.2 Å². The van der Waals surface area contributed by atoms with Gasteiger partial charge in [-0.15, -0.1) is 0 Å². The minimum atomic E-state index is -0.233. The summed E-state index contributed by atoms with van der Waals surface area (Å²) in [5.41, 5.74) is 5.68. The summed E-state index contributed by atoms with van der Waals surface area (Å²) in [6.45, 7) is 0.481. The minimum Gasteiger partial charge on any atom is -0.336 e. The van der Waals surface area contributed by atoms with Gasteiger partial charge in [-0.1, -0.05) is 36.4 Å². The summed E-state index contributed by atoms with van der Waals surface area (Å²) in [4.78, 5) is 21.1. The Morgan fingerprint density at radius 3 is 2.70 bits per heavy atom. The molecule has 0 radical (unpaired) electrons. The monoisotopic (exact) mass is 512 g/mol. The molecule has 1 aromatic heterocycles. The smallest absolute Gasteiger partial charge is 0.231 e. The lowest BCUT2D eigenvalue weighted by molar-refractivity contribution is -0.120. The molecule has 1 N–H and O–H groups in total. The van der Waals surface area contributed by atoms with Gasteiger partial charge in [-0.2, -0.15) is 0 Å². The van der Waals surface area contributed by atoms with Crippen molar-refractivity contribution in [1.29, 1.82) is 0 Å². The highest BCUT2D eigenvalue weighted by Gasteiger charge is 2.46. The predicted molar refractivity (Wildman–Crippen MR) is 145 cm³/mol. The third-order valence-electron chi connectivity index (χ3n) is 7.49. The molecule has 0 aliphatic heterocycles. The van der Waals surface area contributed by atoms with E-state index in [1.807, 2.05) is 40.9 Å². The third-order valence-corrected chi connectivity index (χ3v) is 8.40. The summed E-state index contributed by atoms with van der Waals surface area (Å²) in [6.07, 6.45) is 6.47. The van der Waals surface area contributed by atoms with Crippen molar-refractivity contribution in [2.24, 2.45) is 13.0 Å². The molecule has 1 fully saturated rings. The Bertz CT molecular complexity index is 1400. The first-order chi connectivity index (χ1) is 18.1. The van der Waals surface area contributed by atoms with Gasteiger partial charge in [0.25, 0.3) is 0 Å². The van der Waals surface area contributed by atoms with Gasteiger partial charge in [0.2, 0.25) is 5.91 Å². The van der Waals surface area contributed by atoms with Gasteiger partial charge in [0, 0.05) is 35.8 Å². The topological polar surface area (TPSA) is 50.2 Å². The summed E-state index contributed by atoms with van der Waals surface area (Å²) in [6, 6.07) is 23.5. The summed E-state index contributed by atoms with van der Waals surface area (Å²) in [5, 5.41) is 0. The van der Waals surface area contributed by atoms with Crippen molar-refractivity contribution in [3.63, 3.8) is 0 Å². The van der Waals surface area contributed by atoms with Crippen molar-refractivity contribution in [3.05, 3.63) is 114 Å². The number of aromatic nitrogens is 2. The average molecular weight is 513 g/mol. The van der Waals surface area contributed by atoms with Crippen molar-refractivity contribution in [2.45, 2.75) is 42.7 Å². The molecular weight excluding hydrogens is 483 g/mol. The molecule has 1 heterocycles. The number of hydrogen-bond donors (Lipinski definition) is 1. The number of rotatable bonds is 8. The molecule has 7 heteroatoms. The van der Waals surface area contributed by atoms with Crippen LogP contribution in [0, 0.1) is 11.7 Å². The van der Waals surface area contributed by atoms with Crippen LogP contribution in [0.2, 0.25) is 0 Å². The number of aryl methyl sites for hydroxylation is 2. The third kappa shape index (κ3) is 5.06. The first-order valence-corrected chi connectivity index (χ1v) is 13.5. The lowest BCUT2D eigenvalue weighted by atomic mass is 10.1. The molecule has 3 atom stereocenters. The van der Waals surface area contributed by atoms with E-state index in [0.717, 1.165) is 35.5 Å². The number of fused-ring (bicyclic) bond motifs is 1. The zero-order valence-electron chi connectivity index (χ0n) is 20.7. The van der Waals surface area contributed by atoms with Gasteiger partial charge >= 0.3 is 0 Å². The van der Waals surface area contributed by atoms with Crippen molar-refractivity contribution in [2.75, 3.05) is 4.90 Å². The Morgan fingerprint density at radius 2 is 1.95 bits per heavy atom. The molecule has 3 unspecified atom stereocenters. The molecule has 4 aromatic rings. The zero-order chi connectivity index (χ0) is 25.4. The molecule has 3 aromatic carbocycles. The lowest BCUT2D eigenvalue weighted by Crippen LogP contribution is -2.33. The van der Waals surface area contributed by atoms with E-state index in [0.29, 0.717) is 6.54 Å². The van der Waals surface area contributed by atoms with Crippen molar-refractivity contribution >= 4 is 23.5 Å². The van der Waals surface area contributed by atoms with Crippen LogP contribution in [0.5, 0.6) is 0 Å². The second-order valence-corrected chi connectivity index (χ2v) is 10.8. The van der Waals surface area contributed by atoms with Gasteiger partial charge in [0.15, 0.2) is 0 Å². The number of carbonyl (C=O) groups excluding carboxylic acids is 1. The fraction of sp³-hybridized carbons (Fsp3) is 0.267. The van der Waals surface area contributed by atoms with Crippen LogP contribution in [0.4, 0.5) is 10.1 Å². The molecule has 0 bridgehead atoms. The van der Waals surface area contributed by atoms with Crippen molar-refractivity contribution < 1.29 is 9.18 Å². The highest BCUT2D eigenvalue weighted by Crippen LogP contribution is 2.49. The number of halogens is 1. The van der Waals surface area contributed by atoms with E-state index in [9.17, 15) is 9.18 Å². The van der Waals surface area contributed by atoms with Crippen LogP contribution in [0.15, 0.2) is 90.2 Å². The largest absolute Gasteiger partial charge is 0.336 e. The van der Waals surface area contributed by atoms with Crippen molar-refractivity contribution in [1.82, 2.24) is 14.3 Å². The van der Waals surface area contributed by atoms with E-state index in [2.05, 4.69) is 40.0 Å². The molecule has 1 amide bonds. The first-order valence-electron chi connectivity index (χ1n) is 12.7. The maximum Gasteiger partial charge on any atom is 0.231 e. The standard InChI is InChI=1S/C30H29FN4OS/c1-34-19-32-17-24(34)18-35(30(36)28-16-26(28)20-5-3-2-4-6-20)23-11-7-21-8-14-29(27(21)15-23)33-37-25-12-9-22(31)10-13-25/h2-7,9-13,15,17,19,26,28-29,33H,8,14,16,18H2,1H3. The molecule has 2 aliphatic carbocycles. The summed E-state index contributed by atoms with van der Waals surface area (Å²) >= 11 is 1.52. The molecule has 6 rings (SSSR count). The number of anilines is 1. The second-order valence-electron chi connectivity index (χ2n) is 9.93. The number of amides is 1. The highest BCUT2D eigenvalue weighted by molar-refractivity contribution is 7.97. The molecular formula is C30H29FN4OS. The molecule has 2 aliphatic rings. The molecule has 5 nitrogen and oxygen atoms in total. The Balaban J connectivity index is 1.25. The van der Waals surface area contributed by atoms with Gasteiger partial charge in [-0.25, -0.2) is 9.37 Å². The predicted octanol–water partition coefficient (Wildman–Crippen LogP) is 6.18. The van der Waals surface area contributed by atoms with Gasteiger partial charge in [0.05, 0.1) is 18.6 Å². The number of nitrogens with one attached hydrogen (secondary N) is 1. The number of benzene rings is 3. The summed E-state index contributed by atoms with van der Waals surface area (Å²) < 4.78 is 18.8. The fourth-order valence-electron chi connectivity index (χ4n) is 5.25. The Hall–Kier alpha value is -3.42. The van der Waals surface area contributed by atoms with Crippen LogP contribution in [0.3, 0.4) is 0 Å². The van der Waals surface area contributed by atoms with E-state index < -0.39 is 0 Å². The van der Waals surface area contributed by atoms with Crippen LogP contribution in [-0.2, 0) is 24.8 Å². The number of carbonyl (C=O) groups is 1. The normalized spacial score (nSPS) is 20.0. The van der Waals surface area contributed by atoms with Crippen LogP contribution in [-0.4, -0.2) is 15.5 Å². The van der Waals surface area contributed by atoms with Crippen LogP contribution < -0.4 is 9.62 Å². The van der Waals surface area contributed by atoms with E-state index >= 15 is 0 Å². The van der Waals surface area contributed by atoms with E-state index in [-0.39, 0.29) is 29.6 Å². The number of imidazole rings is 1. The average Bonchev–Trinajstić information content (AvgIpc) is 3.48. The molecule has 0 spiro atoms. The molecule has 1 saturated carbocycles. The Morgan fingerprint density at radius 1 is 1.14 bits per heavy atom. The first kappa shape index (κ1) is 23.9. The fourth-order valence-corrected chi connectivity index (χ4v) is 6.05. The maximum atomic E-state index is 13.9. The quantitative estimate of drug-likeness (QED) is 0.287. The van der Waals surface area contributed by atoms with E-state index in [4.69, 9.17) is 0 Å². The Labute approximate surface area is 220 Å².